The molecule has 2 bridgehead atoms. The fourth-order valence-corrected chi connectivity index (χ4v) is 5.82. The van der Waals surface area contributed by atoms with E-state index in [1.54, 1.807) is 0 Å². The van der Waals surface area contributed by atoms with Crippen LogP contribution >= 0.6 is 0 Å². The van der Waals surface area contributed by atoms with E-state index in [0.29, 0.717) is 6.61 Å². The summed E-state index contributed by atoms with van der Waals surface area (Å²) in [5.41, 5.74) is -1.13. The van der Waals surface area contributed by atoms with Crippen molar-refractivity contribution in [2.45, 2.75) is 84.1 Å². The van der Waals surface area contributed by atoms with Crippen LogP contribution in [0.15, 0.2) is 11.6 Å². The van der Waals surface area contributed by atoms with Crippen molar-refractivity contribution in [2.24, 2.45) is 10.8 Å². The Bertz CT molecular complexity index is 830. The highest BCUT2D eigenvalue weighted by molar-refractivity contribution is 5.69. The first-order valence-corrected chi connectivity index (χ1v) is 10.1. The van der Waals surface area contributed by atoms with Crippen molar-refractivity contribution in [2.75, 3.05) is 6.61 Å². The highest BCUT2D eigenvalue weighted by Crippen LogP contribution is 2.74. The molecule has 166 valence electrons. The third-order valence-corrected chi connectivity index (χ3v) is 7.46. The summed E-state index contributed by atoms with van der Waals surface area (Å²) in [6.45, 7) is 9.98. The predicted octanol–water partition coefficient (Wildman–Crippen LogP) is 1.97. The van der Waals surface area contributed by atoms with Crippen LogP contribution in [0.5, 0.6) is 0 Å². The molecule has 2 saturated heterocycles. The van der Waals surface area contributed by atoms with Gasteiger partial charge in [-0.3, -0.25) is 14.5 Å². The van der Waals surface area contributed by atoms with Gasteiger partial charge < -0.3 is 18.9 Å². The Morgan fingerprint density at radius 3 is 2.30 bits per heavy atom. The fourth-order valence-electron chi connectivity index (χ4n) is 5.82. The highest BCUT2D eigenvalue weighted by Gasteiger charge is 2.91. The molecule has 4 rings (SSSR count). The van der Waals surface area contributed by atoms with E-state index in [1.165, 1.54) is 19.4 Å². The van der Waals surface area contributed by atoms with Crippen molar-refractivity contribution in [3.8, 4) is 0 Å². The van der Waals surface area contributed by atoms with Crippen LogP contribution in [0.4, 0.5) is 0 Å². The molecule has 0 aromatic rings. The summed E-state index contributed by atoms with van der Waals surface area (Å²) in [7, 11) is 0. The van der Waals surface area contributed by atoms with Crippen LogP contribution in [0.25, 0.3) is 0 Å². The van der Waals surface area contributed by atoms with Gasteiger partial charge in [0.05, 0.1) is 18.1 Å². The van der Waals surface area contributed by atoms with Gasteiger partial charge in [-0.05, 0) is 19.8 Å². The standard InChI is InChI=1S/C21H28O9/c1-11-7-8-18(5)15(9-11)27-17-20(10-25-20)19(18,6)16(26-12(2)22)21(17,28-13(3)23)30-29-14(4)24/h9,15-17H,7-8,10H2,1-6H3/t15-,16?,17+,18+,19-,20+,21-/m1/s1. The maximum Gasteiger partial charge on any atom is 0.339 e. The SMILES string of the molecule is CC(=O)OO[C@]1(OC(C)=O)C(OC(C)=O)[C@]2(C)[C@@]3(C)CCC(C)=C[C@H]3O[C@H]1[C@@]21CO1. The van der Waals surface area contributed by atoms with Crippen LogP contribution < -0.4 is 0 Å². The molecular formula is C21H28O9. The number of rotatable bonds is 4. The lowest BCUT2D eigenvalue weighted by Crippen LogP contribution is -2.63. The summed E-state index contributed by atoms with van der Waals surface area (Å²) in [5, 5.41) is 0. The molecule has 0 N–H and O–H groups in total. The topological polar surface area (TPSA) is 110 Å². The van der Waals surface area contributed by atoms with Crippen molar-refractivity contribution < 1.29 is 43.1 Å². The molecule has 3 fully saturated rings. The second kappa shape index (κ2) is 6.51. The van der Waals surface area contributed by atoms with E-state index < -0.39 is 52.3 Å². The molecule has 0 radical (unpaired) electrons. The Labute approximate surface area is 174 Å². The Morgan fingerprint density at radius 2 is 1.77 bits per heavy atom. The number of epoxide rings is 1. The number of ether oxygens (including phenoxy) is 4. The van der Waals surface area contributed by atoms with E-state index in [-0.39, 0.29) is 6.10 Å². The largest absolute Gasteiger partial charge is 0.455 e. The molecule has 1 unspecified atom stereocenters. The summed E-state index contributed by atoms with van der Waals surface area (Å²) >= 11 is 0. The number of hydrogen-bond acceptors (Lipinski definition) is 9. The Balaban J connectivity index is 1.94. The third kappa shape index (κ3) is 2.55. The lowest BCUT2D eigenvalue weighted by molar-refractivity contribution is -0.428. The average molecular weight is 424 g/mol. The molecule has 1 saturated carbocycles. The van der Waals surface area contributed by atoms with Crippen molar-refractivity contribution in [1.82, 2.24) is 0 Å². The minimum Gasteiger partial charge on any atom is -0.455 e. The molecule has 9 heteroatoms. The maximum absolute atomic E-state index is 12.2. The van der Waals surface area contributed by atoms with Crippen LogP contribution in [0, 0.1) is 10.8 Å². The van der Waals surface area contributed by atoms with Gasteiger partial charge in [-0.15, -0.1) is 4.89 Å². The van der Waals surface area contributed by atoms with E-state index in [1.807, 2.05) is 19.9 Å². The molecule has 1 spiro atoms. The Kier molecular flexibility index (Phi) is 4.62. The zero-order valence-electron chi connectivity index (χ0n) is 18.1. The van der Waals surface area contributed by atoms with Crippen LogP contribution in [0.1, 0.15) is 54.4 Å². The molecule has 4 aliphatic rings. The zero-order valence-corrected chi connectivity index (χ0v) is 18.1. The molecule has 2 heterocycles. The van der Waals surface area contributed by atoms with Gasteiger partial charge in [-0.25, -0.2) is 4.79 Å². The van der Waals surface area contributed by atoms with Crippen molar-refractivity contribution in [3.05, 3.63) is 11.6 Å². The Hall–Kier alpha value is -1.97. The minimum absolute atomic E-state index is 0.309. The fraction of sp³-hybridized carbons (Fsp3) is 0.762. The zero-order chi connectivity index (χ0) is 22.1. The van der Waals surface area contributed by atoms with E-state index >= 15 is 0 Å². The second-order valence-electron chi connectivity index (χ2n) is 9.21. The van der Waals surface area contributed by atoms with Crippen LogP contribution in [-0.2, 0) is 43.1 Å². The summed E-state index contributed by atoms with van der Waals surface area (Å²) < 4.78 is 23.9. The lowest BCUT2D eigenvalue weighted by atomic mass is 9.52. The first-order valence-electron chi connectivity index (χ1n) is 10.1. The van der Waals surface area contributed by atoms with Gasteiger partial charge in [0.1, 0.15) is 5.60 Å². The normalized spacial score (nSPS) is 45.9. The molecule has 9 nitrogen and oxygen atoms in total. The number of fused-ring (bicyclic) bond motifs is 2. The quantitative estimate of drug-likeness (QED) is 0.167. The monoisotopic (exact) mass is 424 g/mol. The van der Waals surface area contributed by atoms with Crippen LogP contribution in [0.3, 0.4) is 0 Å². The molecule has 2 aliphatic carbocycles. The molecular weight excluding hydrogens is 396 g/mol. The molecule has 0 aromatic carbocycles. The van der Waals surface area contributed by atoms with Gasteiger partial charge >= 0.3 is 23.7 Å². The molecule has 2 aliphatic heterocycles. The summed E-state index contributed by atoms with van der Waals surface area (Å²) in [5.74, 6) is -4.04. The van der Waals surface area contributed by atoms with Gasteiger partial charge in [0.25, 0.3) is 0 Å². The predicted molar refractivity (Wildman–Crippen MR) is 99.5 cm³/mol. The summed E-state index contributed by atoms with van der Waals surface area (Å²) in [6.07, 6.45) is 1.18. The van der Waals surface area contributed by atoms with Gasteiger partial charge in [0.2, 0.25) is 0 Å². The first-order chi connectivity index (χ1) is 13.9. The molecule has 30 heavy (non-hydrogen) atoms. The van der Waals surface area contributed by atoms with Crippen LogP contribution in [-0.4, -0.2) is 54.2 Å². The molecule has 0 aromatic heterocycles. The average Bonchev–Trinajstić information content (AvgIpc) is 3.41. The van der Waals surface area contributed by atoms with Gasteiger partial charge in [0, 0.05) is 26.2 Å². The summed E-state index contributed by atoms with van der Waals surface area (Å²) in [6, 6.07) is 0. The molecule has 7 atom stereocenters. The minimum atomic E-state index is -2.00. The number of hydrogen-bond donors (Lipinski definition) is 0. The first kappa shape index (κ1) is 21.3. The highest BCUT2D eigenvalue weighted by atomic mass is 17.2. The maximum atomic E-state index is 12.2. The number of carbonyl (C=O) groups excluding carboxylic acids is 3. The smallest absolute Gasteiger partial charge is 0.339 e. The number of allylic oxidation sites excluding steroid dienone is 1. The second-order valence-corrected chi connectivity index (χ2v) is 9.21. The van der Waals surface area contributed by atoms with Crippen LogP contribution in [0.2, 0.25) is 0 Å². The number of carbonyl (C=O) groups is 3. The van der Waals surface area contributed by atoms with Crippen molar-refractivity contribution >= 4 is 17.9 Å². The Morgan fingerprint density at radius 1 is 1.10 bits per heavy atom. The van der Waals surface area contributed by atoms with E-state index in [2.05, 4.69) is 6.92 Å². The van der Waals surface area contributed by atoms with Crippen molar-refractivity contribution in [1.29, 1.82) is 0 Å². The third-order valence-electron chi connectivity index (χ3n) is 7.46. The van der Waals surface area contributed by atoms with E-state index in [0.717, 1.165) is 19.8 Å². The number of esters is 2. The van der Waals surface area contributed by atoms with E-state index in [4.69, 9.17) is 28.7 Å². The summed E-state index contributed by atoms with van der Waals surface area (Å²) in [4.78, 5) is 46.3. The van der Waals surface area contributed by atoms with E-state index in [9.17, 15) is 14.4 Å². The molecule has 0 amide bonds. The van der Waals surface area contributed by atoms with Crippen molar-refractivity contribution in [3.63, 3.8) is 0 Å². The lowest BCUT2D eigenvalue weighted by Gasteiger charge is -2.56. The van der Waals surface area contributed by atoms with Gasteiger partial charge in [-0.1, -0.05) is 25.5 Å². The van der Waals surface area contributed by atoms with Gasteiger partial charge in [-0.2, -0.15) is 0 Å². The van der Waals surface area contributed by atoms with Gasteiger partial charge in [0.15, 0.2) is 12.2 Å².